The van der Waals surface area contributed by atoms with Gasteiger partial charge in [0, 0.05) is 30.3 Å². The van der Waals surface area contributed by atoms with Crippen molar-refractivity contribution >= 4 is 11.6 Å². The van der Waals surface area contributed by atoms with Crippen molar-refractivity contribution in [2.45, 2.75) is 19.4 Å². The number of furan rings is 1. The lowest BCUT2D eigenvalue weighted by Gasteiger charge is -2.23. The molecule has 1 aromatic heterocycles. The van der Waals surface area contributed by atoms with Crippen molar-refractivity contribution in [1.29, 1.82) is 0 Å². The molecule has 0 saturated heterocycles. The minimum absolute atomic E-state index is 0.168. The zero-order valence-corrected chi connectivity index (χ0v) is 13.8. The largest absolute Gasteiger partial charge is 0.490 e. The molecule has 2 aromatic rings. The molecule has 130 valence electrons. The number of carbonyl (C=O) groups excluding carboxylic acids is 1. The second kappa shape index (κ2) is 6.93. The van der Waals surface area contributed by atoms with E-state index in [2.05, 4.69) is 10.6 Å². The molecule has 2 aliphatic heterocycles. The van der Waals surface area contributed by atoms with E-state index in [1.165, 1.54) is 0 Å². The Kier molecular flexibility index (Phi) is 4.33. The van der Waals surface area contributed by atoms with E-state index in [9.17, 15) is 4.79 Å². The zero-order valence-electron chi connectivity index (χ0n) is 13.8. The smallest absolute Gasteiger partial charge is 0.246 e. The summed E-state index contributed by atoms with van der Waals surface area (Å²) in [6, 6.07) is 7.63. The average molecular weight is 340 g/mol. The van der Waals surface area contributed by atoms with Gasteiger partial charge in [-0.2, -0.15) is 0 Å². The molecule has 2 N–H and O–H groups in total. The van der Waals surface area contributed by atoms with E-state index in [0.717, 1.165) is 53.5 Å². The van der Waals surface area contributed by atoms with Crippen LogP contribution in [0.3, 0.4) is 0 Å². The van der Waals surface area contributed by atoms with Crippen LogP contribution in [-0.2, 0) is 17.8 Å². The molecule has 0 unspecified atom stereocenters. The molecule has 3 heterocycles. The molecule has 6 heteroatoms. The van der Waals surface area contributed by atoms with Gasteiger partial charge in [0.2, 0.25) is 5.91 Å². The molecule has 6 nitrogen and oxygen atoms in total. The summed E-state index contributed by atoms with van der Waals surface area (Å²) in [7, 11) is 0. The molecule has 0 atom stereocenters. The van der Waals surface area contributed by atoms with E-state index in [0.29, 0.717) is 19.8 Å². The van der Waals surface area contributed by atoms with Crippen molar-refractivity contribution in [2.75, 3.05) is 19.8 Å². The fraction of sp³-hybridized carbons (Fsp3) is 0.316. The molecule has 25 heavy (non-hydrogen) atoms. The topological polar surface area (TPSA) is 72.7 Å². The second-order valence-electron chi connectivity index (χ2n) is 6.04. The van der Waals surface area contributed by atoms with Gasteiger partial charge in [0.25, 0.3) is 0 Å². The number of nitrogens with one attached hydrogen (secondary N) is 2. The van der Waals surface area contributed by atoms with Crippen molar-refractivity contribution in [3.63, 3.8) is 0 Å². The Labute approximate surface area is 145 Å². The molecular weight excluding hydrogens is 320 g/mol. The van der Waals surface area contributed by atoms with Crippen LogP contribution in [0.25, 0.3) is 5.70 Å². The fourth-order valence-electron chi connectivity index (χ4n) is 3.03. The monoisotopic (exact) mass is 340 g/mol. The van der Waals surface area contributed by atoms with E-state index in [-0.39, 0.29) is 5.91 Å². The molecule has 1 aromatic carbocycles. The molecule has 0 fully saturated rings. The highest BCUT2D eigenvalue weighted by molar-refractivity contribution is 5.95. The first kappa shape index (κ1) is 15.6. The van der Waals surface area contributed by atoms with Crippen LogP contribution in [0.1, 0.15) is 23.3 Å². The van der Waals surface area contributed by atoms with Gasteiger partial charge in [-0.1, -0.05) is 0 Å². The maximum absolute atomic E-state index is 12.2. The van der Waals surface area contributed by atoms with Crippen LogP contribution >= 0.6 is 0 Å². The SMILES string of the molecule is O=C(C=C1NCCc2cc3c(cc21)OCCCO3)NCc1ccco1. The van der Waals surface area contributed by atoms with E-state index in [1.807, 2.05) is 18.2 Å². The number of hydrogen-bond acceptors (Lipinski definition) is 5. The number of ether oxygens (including phenoxy) is 2. The normalized spacial score (nSPS) is 17.4. The Balaban J connectivity index is 1.55. The third-order valence-corrected chi connectivity index (χ3v) is 4.27. The molecule has 0 bridgehead atoms. The summed E-state index contributed by atoms with van der Waals surface area (Å²) in [6.07, 6.45) is 4.93. The second-order valence-corrected chi connectivity index (χ2v) is 6.04. The summed E-state index contributed by atoms with van der Waals surface area (Å²) in [5.74, 6) is 2.08. The number of amides is 1. The third-order valence-electron chi connectivity index (χ3n) is 4.27. The molecule has 0 aliphatic carbocycles. The summed E-state index contributed by atoms with van der Waals surface area (Å²) in [4.78, 5) is 12.2. The predicted octanol–water partition coefficient (Wildman–Crippen LogP) is 2.24. The van der Waals surface area contributed by atoms with Gasteiger partial charge in [0.1, 0.15) is 5.76 Å². The Hall–Kier alpha value is -2.89. The van der Waals surface area contributed by atoms with Crippen LogP contribution in [0.5, 0.6) is 11.5 Å². The lowest BCUT2D eigenvalue weighted by molar-refractivity contribution is -0.116. The van der Waals surface area contributed by atoms with Crippen molar-refractivity contribution in [2.24, 2.45) is 0 Å². The Morgan fingerprint density at radius 3 is 2.88 bits per heavy atom. The van der Waals surface area contributed by atoms with Crippen LogP contribution < -0.4 is 20.1 Å². The van der Waals surface area contributed by atoms with Gasteiger partial charge in [-0.3, -0.25) is 4.79 Å². The summed E-state index contributed by atoms with van der Waals surface area (Å²) < 4.78 is 16.8. The maximum Gasteiger partial charge on any atom is 0.246 e. The number of hydrogen-bond donors (Lipinski definition) is 2. The Morgan fingerprint density at radius 2 is 2.08 bits per heavy atom. The Morgan fingerprint density at radius 1 is 1.24 bits per heavy atom. The third kappa shape index (κ3) is 3.47. The van der Waals surface area contributed by atoms with Gasteiger partial charge >= 0.3 is 0 Å². The van der Waals surface area contributed by atoms with Gasteiger partial charge in [-0.05, 0) is 36.2 Å². The number of fused-ring (bicyclic) bond motifs is 2. The first-order valence-electron chi connectivity index (χ1n) is 8.48. The molecule has 1 amide bonds. The minimum atomic E-state index is -0.168. The maximum atomic E-state index is 12.2. The number of rotatable bonds is 3. The average Bonchev–Trinajstić information content (AvgIpc) is 3.04. The van der Waals surface area contributed by atoms with Gasteiger partial charge in [-0.15, -0.1) is 0 Å². The van der Waals surface area contributed by atoms with Gasteiger partial charge in [0.15, 0.2) is 11.5 Å². The lowest BCUT2D eigenvalue weighted by atomic mass is 9.97. The van der Waals surface area contributed by atoms with Crippen LogP contribution in [-0.4, -0.2) is 25.7 Å². The summed E-state index contributed by atoms with van der Waals surface area (Å²) in [5.41, 5.74) is 2.95. The van der Waals surface area contributed by atoms with Crippen LogP contribution in [0.4, 0.5) is 0 Å². The van der Waals surface area contributed by atoms with Crippen molar-refractivity contribution in [1.82, 2.24) is 10.6 Å². The lowest BCUT2D eigenvalue weighted by Crippen LogP contribution is -2.26. The van der Waals surface area contributed by atoms with Gasteiger partial charge in [0.05, 0.1) is 26.0 Å². The molecule has 4 rings (SSSR count). The first-order valence-corrected chi connectivity index (χ1v) is 8.48. The molecule has 2 aliphatic rings. The van der Waals surface area contributed by atoms with Crippen LogP contribution in [0.15, 0.2) is 41.0 Å². The highest BCUT2D eigenvalue weighted by Gasteiger charge is 2.20. The van der Waals surface area contributed by atoms with Crippen molar-refractivity contribution in [3.05, 3.63) is 53.5 Å². The van der Waals surface area contributed by atoms with Crippen molar-refractivity contribution < 1.29 is 18.7 Å². The van der Waals surface area contributed by atoms with Crippen molar-refractivity contribution in [3.8, 4) is 11.5 Å². The minimum Gasteiger partial charge on any atom is -0.490 e. The molecule has 0 saturated carbocycles. The summed E-state index contributed by atoms with van der Waals surface area (Å²) in [5, 5.41) is 6.13. The highest BCUT2D eigenvalue weighted by Crippen LogP contribution is 2.36. The van der Waals surface area contributed by atoms with E-state index in [4.69, 9.17) is 13.9 Å². The van der Waals surface area contributed by atoms with Gasteiger partial charge in [-0.25, -0.2) is 0 Å². The van der Waals surface area contributed by atoms with Crippen LogP contribution in [0.2, 0.25) is 0 Å². The predicted molar refractivity (Wildman–Crippen MR) is 92.3 cm³/mol. The summed E-state index contributed by atoms with van der Waals surface area (Å²) in [6.45, 7) is 2.46. The van der Waals surface area contributed by atoms with E-state index in [1.54, 1.807) is 18.4 Å². The van der Waals surface area contributed by atoms with E-state index >= 15 is 0 Å². The first-order chi connectivity index (χ1) is 12.3. The quantitative estimate of drug-likeness (QED) is 0.839. The number of benzene rings is 1. The summed E-state index contributed by atoms with van der Waals surface area (Å²) >= 11 is 0. The highest BCUT2D eigenvalue weighted by atomic mass is 16.5. The molecule has 0 spiro atoms. The van der Waals surface area contributed by atoms with Crippen LogP contribution in [0, 0.1) is 0 Å². The van der Waals surface area contributed by atoms with E-state index < -0.39 is 0 Å². The standard InChI is InChI=1S/C19H20N2O4/c22-19(21-12-14-3-1-6-23-14)11-16-15-10-18-17(24-7-2-8-25-18)9-13(15)4-5-20-16/h1,3,6,9-11,20H,2,4-5,7-8,12H2,(H,21,22). The molecule has 0 radical (unpaired) electrons. The fourth-order valence-corrected chi connectivity index (χ4v) is 3.03. The Bertz CT molecular complexity index is 796. The molecular formula is C19H20N2O4. The van der Waals surface area contributed by atoms with Gasteiger partial charge < -0.3 is 24.5 Å². The number of carbonyl (C=O) groups is 1. The zero-order chi connectivity index (χ0) is 17.1.